The van der Waals surface area contributed by atoms with Crippen LogP contribution in [0.15, 0.2) is 40.2 Å². The molecule has 2 aromatic rings. The highest BCUT2D eigenvalue weighted by Crippen LogP contribution is 2.28. The van der Waals surface area contributed by atoms with Gasteiger partial charge in [-0.05, 0) is 35.2 Å². The highest BCUT2D eigenvalue weighted by Gasteiger charge is 2.14. The number of nitrogens with one attached hydrogen (secondary N) is 1. The van der Waals surface area contributed by atoms with Gasteiger partial charge in [0.25, 0.3) is 0 Å². The smallest absolute Gasteiger partial charge is 0.119 e. The summed E-state index contributed by atoms with van der Waals surface area (Å²) in [7, 11) is 1.64. The molecule has 0 saturated heterocycles. The van der Waals surface area contributed by atoms with Crippen LogP contribution in [0.2, 0.25) is 0 Å². The molecule has 0 radical (unpaired) electrons. The molecular formula is C14H16BrNO2S. The third-order valence-electron chi connectivity index (χ3n) is 2.86. The second-order valence-electron chi connectivity index (χ2n) is 4.08. The van der Waals surface area contributed by atoms with Crippen molar-refractivity contribution in [1.82, 2.24) is 5.32 Å². The Morgan fingerprint density at radius 3 is 2.89 bits per heavy atom. The van der Waals surface area contributed by atoms with Gasteiger partial charge in [-0.1, -0.05) is 22.0 Å². The molecule has 5 heteroatoms. The predicted molar refractivity (Wildman–Crippen MR) is 81.7 cm³/mol. The van der Waals surface area contributed by atoms with E-state index in [2.05, 4.69) is 27.3 Å². The highest BCUT2D eigenvalue weighted by atomic mass is 79.9. The summed E-state index contributed by atoms with van der Waals surface area (Å²) in [6, 6.07) is 9.74. The van der Waals surface area contributed by atoms with E-state index in [1.165, 1.54) is 4.88 Å². The first-order valence-corrected chi connectivity index (χ1v) is 7.62. The van der Waals surface area contributed by atoms with Crippen molar-refractivity contribution in [2.45, 2.75) is 12.6 Å². The summed E-state index contributed by atoms with van der Waals surface area (Å²) in [5, 5.41) is 15.0. The van der Waals surface area contributed by atoms with Crippen LogP contribution in [0.4, 0.5) is 0 Å². The van der Waals surface area contributed by atoms with Gasteiger partial charge in [-0.25, -0.2) is 0 Å². The van der Waals surface area contributed by atoms with Gasteiger partial charge < -0.3 is 15.2 Å². The zero-order valence-electron chi connectivity index (χ0n) is 10.6. The van der Waals surface area contributed by atoms with E-state index in [1.807, 2.05) is 29.6 Å². The highest BCUT2D eigenvalue weighted by molar-refractivity contribution is 9.10. The van der Waals surface area contributed by atoms with E-state index in [1.54, 1.807) is 18.4 Å². The summed E-state index contributed by atoms with van der Waals surface area (Å²) in [6.45, 7) is 0.781. The average molecular weight is 342 g/mol. The van der Waals surface area contributed by atoms with E-state index in [9.17, 15) is 5.11 Å². The Balaban J connectivity index is 2.12. The van der Waals surface area contributed by atoms with Crippen LogP contribution < -0.4 is 10.1 Å². The zero-order valence-corrected chi connectivity index (χ0v) is 13.0. The topological polar surface area (TPSA) is 41.5 Å². The second-order valence-corrected chi connectivity index (χ2v) is 5.97. The van der Waals surface area contributed by atoms with Crippen molar-refractivity contribution in [2.24, 2.45) is 0 Å². The molecule has 3 nitrogen and oxygen atoms in total. The van der Waals surface area contributed by atoms with Crippen molar-refractivity contribution < 1.29 is 9.84 Å². The summed E-state index contributed by atoms with van der Waals surface area (Å²) in [5.74, 6) is 0.787. The SMILES string of the molecule is COc1ccc(Br)c(C(CO)NCc2cccs2)c1. The first kappa shape index (κ1) is 14.5. The summed E-state index contributed by atoms with van der Waals surface area (Å²) >= 11 is 5.22. The van der Waals surface area contributed by atoms with Crippen LogP contribution in [-0.4, -0.2) is 18.8 Å². The fourth-order valence-corrected chi connectivity index (χ4v) is 3.00. The van der Waals surface area contributed by atoms with Crippen LogP contribution in [0.3, 0.4) is 0 Å². The van der Waals surface area contributed by atoms with Crippen LogP contribution in [0.25, 0.3) is 0 Å². The Morgan fingerprint density at radius 2 is 2.26 bits per heavy atom. The number of hydrogen-bond donors (Lipinski definition) is 2. The maximum Gasteiger partial charge on any atom is 0.119 e. The van der Waals surface area contributed by atoms with Crippen LogP contribution >= 0.6 is 27.3 Å². The van der Waals surface area contributed by atoms with E-state index in [0.717, 1.165) is 22.3 Å². The number of hydrogen-bond acceptors (Lipinski definition) is 4. The molecule has 1 atom stereocenters. The van der Waals surface area contributed by atoms with Crippen LogP contribution in [0, 0.1) is 0 Å². The van der Waals surface area contributed by atoms with E-state index in [-0.39, 0.29) is 12.6 Å². The Hall–Kier alpha value is -0.880. The molecule has 1 heterocycles. The van der Waals surface area contributed by atoms with Gasteiger partial charge in [-0.2, -0.15) is 0 Å². The van der Waals surface area contributed by atoms with E-state index >= 15 is 0 Å². The van der Waals surface area contributed by atoms with E-state index in [0.29, 0.717) is 0 Å². The largest absolute Gasteiger partial charge is 0.497 e. The molecule has 102 valence electrons. The maximum atomic E-state index is 9.58. The zero-order chi connectivity index (χ0) is 13.7. The van der Waals surface area contributed by atoms with Gasteiger partial charge in [0.1, 0.15) is 5.75 Å². The van der Waals surface area contributed by atoms with Crippen LogP contribution in [0.1, 0.15) is 16.5 Å². The van der Waals surface area contributed by atoms with Gasteiger partial charge >= 0.3 is 0 Å². The first-order chi connectivity index (χ1) is 9.24. The minimum absolute atomic E-state index is 0.0388. The van der Waals surface area contributed by atoms with E-state index < -0.39 is 0 Å². The fourth-order valence-electron chi connectivity index (χ4n) is 1.83. The Kier molecular flexibility index (Phi) is 5.39. The molecule has 0 bridgehead atoms. The molecule has 1 unspecified atom stereocenters. The lowest BCUT2D eigenvalue weighted by atomic mass is 10.1. The Bertz CT molecular complexity index is 516. The third kappa shape index (κ3) is 3.79. The van der Waals surface area contributed by atoms with E-state index in [4.69, 9.17) is 4.74 Å². The molecule has 2 N–H and O–H groups in total. The Labute approximate surface area is 125 Å². The van der Waals surface area contributed by atoms with Gasteiger partial charge in [-0.15, -0.1) is 11.3 Å². The number of rotatable bonds is 6. The van der Waals surface area contributed by atoms with Crippen molar-refractivity contribution >= 4 is 27.3 Å². The number of benzene rings is 1. The van der Waals surface area contributed by atoms with Crippen molar-refractivity contribution in [3.05, 3.63) is 50.6 Å². The fraction of sp³-hybridized carbons (Fsp3) is 0.286. The third-order valence-corrected chi connectivity index (χ3v) is 4.46. The number of halogens is 1. The monoisotopic (exact) mass is 341 g/mol. The molecular weight excluding hydrogens is 326 g/mol. The average Bonchev–Trinajstić information content (AvgIpc) is 2.94. The number of ether oxygens (including phenoxy) is 1. The molecule has 19 heavy (non-hydrogen) atoms. The summed E-state index contributed by atoms with van der Waals surface area (Å²) in [5.41, 5.74) is 0.999. The first-order valence-electron chi connectivity index (χ1n) is 5.94. The lowest BCUT2D eigenvalue weighted by molar-refractivity contribution is 0.243. The molecule has 2 rings (SSSR count). The van der Waals surface area contributed by atoms with Gasteiger partial charge in [0.2, 0.25) is 0 Å². The molecule has 0 aliphatic heterocycles. The number of methoxy groups -OCH3 is 1. The van der Waals surface area contributed by atoms with Crippen LogP contribution in [0.5, 0.6) is 5.75 Å². The van der Waals surface area contributed by atoms with Crippen LogP contribution in [-0.2, 0) is 6.54 Å². The van der Waals surface area contributed by atoms with Crippen molar-refractivity contribution in [3.8, 4) is 5.75 Å². The Morgan fingerprint density at radius 1 is 1.42 bits per heavy atom. The molecule has 1 aromatic carbocycles. The van der Waals surface area contributed by atoms with Gasteiger partial charge in [0, 0.05) is 15.9 Å². The molecule has 0 aliphatic rings. The van der Waals surface area contributed by atoms with Crippen molar-refractivity contribution in [1.29, 1.82) is 0 Å². The lowest BCUT2D eigenvalue weighted by Crippen LogP contribution is -2.24. The lowest BCUT2D eigenvalue weighted by Gasteiger charge is -2.18. The van der Waals surface area contributed by atoms with Gasteiger partial charge in [-0.3, -0.25) is 0 Å². The molecule has 0 aliphatic carbocycles. The summed E-state index contributed by atoms with van der Waals surface area (Å²) < 4.78 is 6.19. The molecule has 0 amide bonds. The van der Waals surface area contributed by atoms with Crippen molar-refractivity contribution in [3.63, 3.8) is 0 Å². The second kappa shape index (κ2) is 7.05. The van der Waals surface area contributed by atoms with Crippen molar-refractivity contribution in [2.75, 3.05) is 13.7 Å². The van der Waals surface area contributed by atoms with Gasteiger partial charge in [0.15, 0.2) is 0 Å². The number of thiophene rings is 1. The van der Waals surface area contributed by atoms with Gasteiger partial charge in [0.05, 0.1) is 19.8 Å². The standard InChI is InChI=1S/C14H16BrNO2S/c1-18-10-4-5-13(15)12(7-10)14(9-17)16-8-11-3-2-6-19-11/h2-7,14,16-17H,8-9H2,1H3. The summed E-state index contributed by atoms with van der Waals surface area (Å²) in [6.07, 6.45) is 0. The quantitative estimate of drug-likeness (QED) is 0.846. The minimum Gasteiger partial charge on any atom is -0.497 e. The summed E-state index contributed by atoms with van der Waals surface area (Å²) in [4.78, 5) is 1.25. The minimum atomic E-state index is -0.119. The molecule has 0 fully saturated rings. The molecule has 1 aromatic heterocycles. The number of aliphatic hydroxyl groups excluding tert-OH is 1. The predicted octanol–water partition coefficient (Wildman–Crippen LogP) is 3.34. The molecule has 0 saturated carbocycles. The normalized spacial score (nSPS) is 12.4. The maximum absolute atomic E-state index is 9.58. The number of aliphatic hydroxyl groups is 1. The molecule has 0 spiro atoms.